The number of hydrogen-bond acceptors (Lipinski definition) is 4. The Morgan fingerprint density at radius 3 is 2.81 bits per heavy atom. The molecule has 2 rings (SSSR count). The van der Waals surface area contributed by atoms with E-state index >= 15 is 0 Å². The molecular weight excluding hydrogens is 272 g/mol. The Hall–Kier alpha value is -2.11. The molecule has 1 aromatic carbocycles. The van der Waals surface area contributed by atoms with Crippen molar-refractivity contribution in [2.75, 3.05) is 6.54 Å². The first-order valence-corrected chi connectivity index (χ1v) is 7.25. The number of nitrogens with one attached hydrogen (secondary N) is 1. The first kappa shape index (κ1) is 15.3. The van der Waals surface area contributed by atoms with Crippen LogP contribution < -0.4 is 5.32 Å². The highest BCUT2D eigenvalue weighted by Crippen LogP contribution is 2.30. The van der Waals surface area contributed by atoms with E-state index < -0.39 is 22.3 Å². The molecule has 0 aromatic heterocycles. The van der Waals surface area contributed by atoms with E-state index in [1.807, 2.05) is 0 Å². The SMILES string of the molecule is CC1CCCCC1CNC(=O)c1cccc([N+](=O)[O-])c1O. The zero-order valence-corrected chi connectivity index (χ0v) is 12.0. The van der Waals surface area contributed by atoms with Gasteiger partial charge in [0.2, 0.25) is 5.75 Å². The van der Waals surface area contributed by atoms with Gasteiger partial charge in [-0.3, -0.25) is 14.9 Å². The summed E-state index contributed by atoms with van der Waals surface area (Å²) in [4.78, 5) is 22.2. The molecule has 0 bridgehead atoms. The van der Waals surface area contributed by atoms with Crippen molar-refractivity contribution >= 4 is 11.6 Å². The normalized spacial score (nSPS) is 21.8. The van der Waals surface area contributed by atoms with Gasteiger partial charge in [-0.25, -0.2) is 0 Å². The quantitative estimate of drug-likeness (QED) is 0.659. The van der Waals surface area contributed by atoms with Gasteiger partial charge >= 0.3 is 5.69 Å². The number of aromatic hydroxyl groups is 1. The van der Waals surface area contributed by atoms with Crippen LogP contribution in [0.4, 0.5) is 5.69 Å². The molecule has 1 aromatic rings. The van der Waals surface area contributed by atoms with Crippen LogP contribution in [-0.4, -0.2) is 22.5 Å². The number of benzene rings is 1. The van der Waals surface area contributed by atoms with Gasteiger partial charge in [-0.1, -0.05) is 32.3 Å². The molecule has 6 nitrogen and oxygen atoms in total. The molecule has 2 unspecified atom stereocenters. The lowest BCUT2D eigenvalue weighted by molar-refractivity contribution is -0.385. The summed E-state index contributed by atoms with van der Waals surface area (Å²) in [5, 5.41) is 23.4. The fourth-order valence-corrected chi connectivity index (χ4v) is 2.88. The predicted octanol–water partition coefficient (Wildman–Crippen LogP) is 2.86. The van der Waals surface area contributed by atoms with E-state index in [0.717, 1.165) is 6.42 Å². The number of phenolic OH excluding ortho intramolecular Hbond substituents is 1. The van der Waals surface area contributed by atoms with Gasteiger partial charge in [-0.2, -0.15) is 0 Å². The minimum atomic E-state index is -0.699. The van der Waals surface area contributed by atoms with E-state index in [0.29, 0.717) is 18.4 Å². The van der Waals surface area contributed by atoms with E-state index in [2.05, 4.69) is 12.2 Å². The van der Waals surface area contributed by atoms with Gasteiger partial charge < -0.3 is 10.4 Å². The Kier molecular flexibility index (Phi) is 4.77. The standard InChI is InChI=1S/C15H20N2O4/c1-10-5-2-3-6-11(10)9-16-15(19)12-7-4-8-13(14(12)18)17(20)21/h4,7-8,10-11,18H,2-3,5-6,9H2,1H3,(H,16,19). The fraction of sp³-hybridized carbons (Fsp3) is 0.533. The number of nitro groups is 1. The van der Waals surface area contributed by atoms with Gasteiger partial charge in [0.15, 0.2) is 0 Å². The fourth-order valence-electron chi connectivity index (χ4n) is 2.88. The van der Waals surface area contributed by atoms with Crippen LogP contribution in [-0.2, 0) is 0 Å². The van der Waals surface area contributed by atoms with Crippen LogP contribution in [0, 0.1) is 22.0 Å². The number of nitro benzene ring substituents is 1. The molecule has 114 valence electrons. The summed E-state index contributed by atoms with van der Waals surface area (Å²) in [6.07, 6.45) is 4.66. The molecule has 0 saturated heterocycles. The van der Waals surface area contributed by atoms with E-state index in [-0.39, 0.29) is 5.56 Å². The zero-order valence-electron chi connectivity index (χ0n) is 12.0. The molecule has 2 N–H and O–H groups in total. The molecule has 2 atom stereocenters. The molecule has 21 heavy (non-hydrogen) atoms. The minimum Gasteiger partial charge on any atom is -0.502 e. The lowest BCUT2D eigenvalue weighted by atomic mass is 9.80. The van der Waals surface area contributed by atoms with Gasteiger partial charge in [0, 0.05) is 12.6 Å². The van der Waals surface area contributed by atoms with Crippen molar-refractivity contribution in [1.29, 1.82) is 0 Å². The Morgan fingerprint density at radius 2 is 2.14 bits per heavy atom. The molecule has 0 aliphatic heterocycles. The van der Waals surface area contributed by atoms with Crippen LogP contribution in [0.2, 0.25) is 0 Å². The number of rotatable bonds is 4. The van der Waals surface area contributed by atoms with E-state index in [1.54, 1.807) is 0 Å². The largest absolute Gasteiger partial charge is 0.502 e. The second-order valence-electron chi connectivity index (χ2n) is 5.66. The first-order valence-electron chi connectivity index (χ1n) is 7.25. The number of amides is 1. The third kappa shape index (κ3) is 3.51. The van der Waals surface area contributed by atoms with Gasteiger partial charge in [-0.05, 0) is 24.3 Å². The van der Waals surface area contributed by atoms with E-state index in [9.17, 15) is 20.0 Å². The lowest BCUT2D eigenvalue weighted by Gasteiger charge is -2.28. The average molecular weight is 292 g/mol. The monoisotopic (exact) mass is 292 g/mol. The van der Waals surface area contributed by atoms with Crippen molar-refractivity contribution in [3.63, 3.8) is 0 Å². The van der Waals surface area contributed by atoms with Gasteiger partial charge in [0.05, 0.1) is 10.5 Å². The summed E-state index contributed by atoms with van der Waals surface area (Å²) < 4.78 is 0. The van der Waals surface area contributed by atoms with Crippen LogP contribution in [0.25, 0.3) is 0 Å². The van der Waals surface area contributed by atoms with Crippen molar-refractivity contribution in [3.8, 4) is 5.75 Å². The molecule has 1 amide bonds. The van der Waals surface area contributed by atoms with Crippen molar-refractivity contribution in [2.24, 2.45) is 11.8 Å². The number of carbonyl (C=O) groups is 1. The average Bonchev–Trinajstić information content (AvgIpc) is 2.46. The zero-order chi connectivity index (χ0) is 15.4. The second-order valence-corrected chi connectivity index (χ2v) is 5.66. The predicted molar refractivity (Wildman–Crippen MR) is 78.2 cm³/mol. The minimum absolute atomic E-state index is 0.0485. The second kappa shape index (κ2) is 6.56. The number of para-hydroxylation sites is 1. The molecule has 1 aliphatic carbocycles. The molecule has 1 fully saturated rings. The summed E-state index contributed by atoms with van der Waals surface area (Å²) in [5.41, 5.74) is -0.499. The number of carbonyl (C=O) groups excluding carboxylic acids is 1. The lowest BCUT2D eigenvalue weighted by Crippen LogP contribution is -2.33. The van der Waals surface area contributed by atoms with Crippen LogP contribution in [0.15, 0.2) is 18.2 Å². The molecule has 6 heteroatoms. The molecular formula is C15H20N2O4. The first-order chi connectivity index (χ1) is 10.0. The highest BCUT2D eigenvalue weighted by Gasteiger charge is 2.24. The van der Waals surface area contributed by atoms with Crippen LogP contribution in [0.1, 0.15) is 43.0 Å². The smallest absolute Gasteiger partial charge is 0.311 e. The van der Waals surface area contributed by atoms with Crippen molar-refractivity contribution in [3.05, 3.63) is 33.9 Å². The summed E-state index contributed by atoms with van der Waals surface area (Å²) >= 11 is 0. The highest BCUT2D eigenvalue weighted by atomic mass is 16.6. The van der Waals surface area contributed by atoms with Crippen LogP contribution >= 0.6 is 0 Å². The molecule has 1 aliphatic rings. The number of nitrogens with zero attached hydrogens (tertiary/aromatic N) is 1. The molecule has 1 saturated carbocycles. The topological polar surface area (TPSA) is 92.5 Å². The van der Waals surface area contributed by atoms with E-state index in [1.165, 1.54) is 37.5 Å². The maximum atomic E-state index is 12.1. The van der Waals surface area contributed by atoms with Crippen molar-refractivity contribution < 1.29 is 14.8 Å². The molecule has 0 heterocycles. The summed E-state index contributed by atoms with van der Waals surface area (Å²) in [6, 6.07) is 3.97. The maximum absolute atomic E-state index is 12.1. The number of hydrogen-bond donors (Lipinski definition) is 2. The van der Waals surface area contributed by atoms with Crippen LogP contribution in [0.5, 0.6) is 5.75 Å². The summed E-state index contributed by atoms with van der Waals surface area (Å²) in [6.45, 7) is 2.73. The van der Waals surface area contributed by atoms with Crippen molar-refractivity contribution in [2.45, 2.75) is 32.6 Å². The summed E-state index contributed by atoms with van der Waals surface area (Å²) in [5.74, 6) is -0.0352. The van der Waals surface area contributed by atoms with Gasteiger partial charge in [-0.15, -0.1) is 0 Å². The Balaban J connectivity index is 2.03. The summed E-state index contributed by atoms with van der Waals surface area (Å²) in [7, 11) is 0. The van der Waals surface area contributed by atoms with E-state index in [4.69, 9.17) is 0 Å². The maximum Gasteiger partial charge on any atom is 0.311 e. The highest BCUT2D eigenvalue weighted by molar-refractivity contribution is 5.98. The Labute approximate surface area is 123 Å². The van der Waals surface area contributed by atoms with Gasteiger partial charge in [0.1, 0.15) is 0 Å². The molecule has 0 radical (unpaired) electrons. The third-order valence-electron chi connectivity index (χ3n) is 4.27. The van der Waals surface area contributed by atoms with Crippen molar-refractivity contribution in [1.82, 2.24) is 5.32 Å². The Bertz CT molecular complexity index is 544. The molecule has 0 spiro atoms. The van der Waals surface area contributed by atoms with Crippen LogP contribution in [0.3, 0.4) is 0 Å². The van der Waals surface area contributed by atoms with Gasteiger partial charge in [0.25, 0.3) is 5.91 Å². The Morgan fingerprint density at radius 1 is 1.43 bits per heavy atom. The third-order valence-corrected chi connectivity index (χ3v) is 4.27. The number of phenols is 1.